The SMILES string of the molecule is C1=C(Cc2cc(-c3ccc4sc5ccc(-c6ccnc(N7CCNCC7)c6)cc5c4c3)ccn2)CCNCC1. The van der Waals surface area contributed by atoms with Crippen LogP contribution < -0.4 is 15.5 Å². The van der Waals surface area contributed by atoms with Gasteiger partial charge in [-0.1, -0.05) is 23.8 Å². The number of benzene rings is 2. The Morgan fingerprint density at radius 1 is 0.692 bits per heavy atom. The average molecular weight is 532 g/mol. The number of nitrogens with one attached hydrogen (secondary N) is 2. The van der Waals surface area contributed by atoms with Gasteiger partial charge in [-0.25, -0.2) is 4.98 Å². The van der Waals surface area contributed by atoms with Crippen molar-refractivity contribution in [3.63, 3.8) is 0 Å². The molecule has 5 heterocycles. The number of hydrogen-bond donors (Lipinski definition) is 2. The van der Waals surface area contributed by atoms with Crippen LogP contribution in [-0.4, -0.2) is 49.2 Å². The molecule has 0 spiro atoms. The molecule has 0 saturated carbocycles. The van der Waals surface area contributed by atoms with Crippen molar-refractivity contribution in [3.8, 4) is 22.3 Å². The van der Waals surface area contributed by atoms with E-state index in [2.05, 4.69) is 87.3 Å². The molecule has 2 aliphatic heterocycles. The predicted octanol–water partition coefficient (Wildman–Crippen LogP) is 6.44. The van der Waals surface area contributed by atoms with E-state index >= 15 is 0 Å². The lowest BCUT2D eigenvalue weighted by Crippen LogP contribution is -2.43. The molecule has 2 N–H and O–H groups in total. The van der Waals surface area contributed by atoms with Crippen LogP contribution in [0.1, 0.15) is 18.5 Å². The summed E-state index contributed by atoms with van der Waals surface area (Å²) in [6.07, 6.45) is 9.46. The van der Waals surface area contributed by atoms with Crippen LogP contribution in [-0.2, 0) is 6.42 Å². The second-order valence-corrected chi connectivity index (χ2v) is 11.6. The van der Waals surface area contributed by atoms with E-state index in [4.69, 9.17) is 4.98 Å². The fraction of sp³-hybridized carbons (Fsp3) is 0.273. The van der Waals surface area contributed by atoms with Crippen LogP contribution in [0.4, 0.5) is 5.82 Å². The number of aromatic nitrogens is 2. The van der Waals surface area contributed by atoms with Gasteiger partial charge in [0.2, 0.25) is 0 Å². The van der Waals surface area contributed by atoms with Crippen molar-refractivity contribution in [1.29, 1.82) is 0 Å². The number of nitrogens with zero attached hydrogens (tertiary/aromatic N) is 3. The number of fused-ring (bicyclic) bond motifs is 3. The molecule has 2 aliphatic rings. The normalized spacial score (nSPS) is 16.4. The molecule has 1 fully saturated rings. The molecule has 7 rings (SSSR count). The second-order valence-electron chi connectivity index (χ2n) is 10.5. The monoisotopic (exact) mass is 531 g/mol. The fourth-order valence-electron chi connectivity index (χ4n) is 5.80. The largest absolute Gasteiger partial charge is 0.354 e. The third-order valence-electron chi connectivity index (χ3n) is 7.92. The lowest BCUT2D eigenvalue weighted by Gasteiger charge is -2.28. The Balaban J connectivity index is 1.22. The molecule has 0 unspecified atom stereocenters. The van der Waals surface area contributed by atoms with Crippen LogP contribution >= 0.6 is 11.3 Å². The number of thiophene rings is 1. The maximum absolute atomic E-state index is 4.71. The van der Waals surface area contributed by atoms with Crippen LogP contribution in [0.2, 0.25) is 0 Å². The molecule has 0 atom stereocenters. The fourth-order valence-corrected chi connectivity index (χ4v) is 6.87. The Kier molecular flexibility index (Phi) is 6.83. The molecule has 6 heteroatoms. The standard InChI is InChI=1S/C33H33N5S/c1-2-23(7-11-34-10-1)18-28-19-26(8-12-36-28)24-3-5-31-29(20-24)30-21-25(4-6-32(30)39-31)27-9-13-37-33(22-27)38-16-14-35-15-17-38/h2-6,8-9,12-13,19-22,34-35H,1,7,10-11,14-18H2. The maximum Gasteiger partial charge on any atom is 0.129 e. The summed E-state index contributed by atoms with van der Waals surface area (Å²) in [5.41, 5.74) is 7.59. The third kappa shape index (κ3) is 5.20. The van der Waals surface area contributed by atoms with Gasteiger partial charge in [0.1, 0.15) is 5.82 Å². The average Bonchev–Trinajstić information content (AvgIpc) is 3.16. The minimum atomic E-state index is 0.935. The van der Waals surface area contributed by atoms with Gasteiger partial charge < -0.3 is 15.5 Å². The van der Waals surface area contributed by atoms with Gasteiger partial charge in [0.15, 0.2) is 0 Å². The molecule has 39 heavy (non-hydrogen) atoms. The molecular formula is C33H33N5S. The Hall–Kier alpha value is -3.58. The van der Waals surface area contributed by atoms with Crippen molar-refractivity contribution < 1.29 is 0 Å². The first-order valence-corrected chi connectivity index (χ1v) is 14.8. The Morgan fingerprint density at radius 3 is 2.13 bits per heavy atom. The number of piperazine rings is 1. The quantitative estimate of drug-likeness (QED) is 0.256. The van der Waals surface area contributed by atoms with Crippen molar-refractivity contribution in [2.24, 2.45) is 0 Å². The molecule has 196 valence electrons. The van der Waals surface area contributed by atoms with Gasteiger partial charge >= 0.3 is 0 Å². The van der Waals surface area contributed by atoms with Crippen LogP contribution in [0.3, 0.4) is 0 Å². The molecular weight excluding hydrogens is 498 g/mol. The second kappa shape index (κ2) is 10.9. The van der Waals surface area contributed by atoms with Gasteiger partial charge in [-0.3, -0.25) is 4.98 Å². The van der Waals surface area contributed by atoms with Crippen LogP contribution in [0.15, 0.2) is 84.7 Å². The summed E-state index contributed by atoms with van der Waals surface area (Å²) < 4.78 is 2.65. The van der Waals surface area contributed by atoms with Crippen molar-refractivity contribution in [3.05, 3.63) is 90.4 Å². The summed E-state index contributed by atoms with van der Waals surface area (Å²) in [6, 6.07) is 22.6. The number of anilines is 1. The summed E-state index contributed by atoms with van der Waals surface area (Å²) in [7, 11) is 0. The molecule has 0 amide bonds. The highest BCUT2D eigenvalue weighted by Gasteiger charge is 2.14. The predicted molar refractivity (Wildman–Crippen MR) is 165 cm³/mol. The smallest absolute Gasteiger partial charge is 0.129 e. The van der Waals surface area contributed by atoms with E-state index in [1.54, 1.807) is 0 Å². The topological polar surface area (TPSA) is 53.1 Å². The van der Waals surface area contributed by atoms with Gasteiger partial charge in [-0.05, 0) is 96.7 Å². The van der Waals surface area contributed by atoms with Gasteiger partial charge in [0.05, 0.1) is 0 Å². The molecule has 0 radical (unpaired) electrons. The molecule has 2 aromatic carbocycles. The van der Waals surface area contributed by atoms with E-state index in [9.17, 15) is 0 Å². The van der Waals surface area contributed by atoms with Gasteiger partial charge in [-0.2, -0.15) is 0 Å². The van der Waals surface area contributed by atoms with E-state index < -0.39 is 0 Å². The van der Waals surface area contributed by atoms with E-state index in [1.807, 2.05) is 23.7 Å². The molecule has 3 aromatic heterocycles. The maximum atomic E-state index is 4.71. The van der Waals surface area contributed by atoms with Crippen LogP contribution in [0.5, 0.6) is 0 Å². The number of rotatable bonds is 5. The lowest BCUT2D eigenvalue weighted by molar-refractivity contribution is 0.585. The van der Waals surface area contributed by atoms with E-state index in [0.29, 0.717) is 0 Å². The molecule has 5 aromatic rings. The summed E-state index contributed by atoms with van der Waals surface area (Å²) in [5, 5.41) is 9.55. The van der Waals surface area contributed by atoms with Gasteiger partial charge in [-0.15, -0.1) is 11.3 Å². The first-order valence-electron chi connectivity index (χ1n) is 14.0. The summed E-state index contributed by atoms with van der Waals surface area (Å²) >= 11 is 1.87. The zero-order valence-electron chi connectivity index (χ0n) is 22.1. The molecule has 0 bridgehead atoms. The Bertz CT molecular complexity index is 1660. The molecule has 1 saturated heterocycles. The molecule has 0 aliphatic carbocycles. The van der Waals surface area contributed by atoms with E-state index in [0.717, 1.165) is 70.0 Å². The zero-order chi connectivity index (χ0) is 26.0. The Labute approximate surface area is 233 Å². The minimum Gasteiger partial charge on any atom is -0.354 e. The highest BCUT2D eigenvalue weighted by Crippen LogP contribution is 2.38. The highest BCUT2D eigenvalue weighted by atomic mass is 32.1. The summed E-state index contributed by atoms with van der Waals surface area (Å²) in [5.74, 6) is 1.07. The van der Waals surface area contributed by atoms with Crippen molar-refractivity contribution in [1.82, 2.24) is 20.6 Å². The van der Waals surface area contributed by atoms with Gasteiger partial charge in [0.25, 0.3) is 0 Å². The minimum absolute atomic E-state index is 0.935. The van der Waals surface area contributed by atoms with Crippen molar-refractivity contribution in [2.75, 3.05) is 44.2 Å². The lowest BCUT2D eigenvalue weighted by atomic mass is 9.99. The first kappa shape index (κ1) is 24.5. The van der Waals surface area contributed by atoms with Crippen molar-refractivity contribution in [2.45, 2.75) is 19.3 Å². The molecule has 5 nitrogen and oxygen atoms in total. The number of hydrogen-bond acceptors (Lipinski definition) is 6. The van der Waals surface area contributed by atoms with E-state index in [-0.39, 0.29) is 0 Å². The number of pyridine rings is 2. The Morgan fingerprint density at radius 2 is 1.36 bits per heavy atom. The highest BCUT2D eigenvalue weighted by molar-refractivity contribution is 7.25. The van der Waals surface area contributed by atoms with Crippen molar-refractivity contribution >= 4 is 37.3 Å². The first-order chi connectivity index (χ1) is 19.3. The zero-order valence-corrected chi connectivity index (χ0v) is 22.9. The van der Waals surface area contributed by atoms with Gasteiger partial charge in [0, 0.05) is 70.9 Å². The van der Waals surface area contributed by atoms with Crippen LogP contribution in [0, 0.1) is 0 Å². The van der Waals surface area contributed by atoms with Crippen LogP contribution in [0.25, 0.3) is 42.4 Å². The third-order valence-corrected chi connectivity index (χ3v) is 9.08. The van der Waals surface area contributed by atoms with E-state index in [1.165, 1.54) is 48.0 Å². The summed E-state index contributed by atoms with van der Waals surface area (Å²) in [6.45, 7) is 6.15. The summed E-state index contributed by atoms with van der Waals surface area (Å²) in [4.78, 5) is 11.8.